The maximum atomic E-state index is 12.7. The summed E-state index contributed by atoms with van der Waals surface area (Å²) < 4.78 is 0. The number of H-pyrrole nitrogens is 1. The summed E-state index contributed by atoms with van der Waals surface area (Å²) in [4.78, 5) is 17.0. The molecule has 27 heavy (non-hydrogen) atoms. The van der Waals surface area contributed by atoms with E-state index in [1.807, 2.05) is 25.2 Å². The van der Waals surface area contributed by atoms with Crippen molar-refractivity contribution in [2.75, 3.05) is 20.1 Å². The van der Waals surface area contributed by atoms with E-state index in [4.69, 9.17) is 0 Å². The van der Waals surface area contributed by atoms with Crippen molar-refractivity contribution in [3.8, 4) is 0 Å². The fraction of sp³-hybridized carbons (Fsp3) is 0.545. The molecule has 1 amide bonds. The van der Waals surface area contributed by atoms with Gasteiger partial charge in [0.1, 0.15) is 0 Å². The number of hydrogen-bond donors (Lipinski definition) is 1. The summed E-state index contributed by atoms with van der Waals surface area (Å²) in [6.45, 7) is 10.3. The highest BCUT2D eigenvalue weighted by molar-refractivity contribution is 5.94. The number of nitrogens with one attached hydrogen (secondary N) is 1. The Morgan fingerprint density at radius 3 is 2.41 bits per heavy atom. The Kier molecular flexibility index (Phi) is 6.00. The van der Waals surface area contributed by atoms with E-state index in [-0.39, 0.29) is 11.3 Å². The zero-order chi connectivity index (χ0) is 19.4. The third-order valence-corrected chi connectivity index (χ3v) is 5.21. The van der Waals surface area contributed by atoms with Crippen molar-refractivity contribution in [3.05, 3.63) is 52.8 Å². The van der Waals surface area contributed by atoms with E-state index in [2.05, 4.69) is 48.0 Å². The molecule has 1 aromatic heterocycles. The van der Waals surface area contributed by atoms with Gasteiger partial charge in [0.25, 0.3) is 5.91 Å². The maximum absolute atomic E-state index is 12.7. The number of benzene rings is 1. The van der Waals surface area contributed by atoms with Crippen LogP contribution in [0.4, 0.5) is 0 Å². The van der Waals surface area contributed by atoms with Crippen LogP contribution < -0.4 is 0 Å². The first-order valence-corrected chi connectivity index (χ1v) is 9.94. The van der Waals surface area contributed by atoms with Crippen molar-refractivity contribution < 1.29 is 4.79 Å². The lowest BCUT2D eigenvalue weighted by atomic mass is 9.92. The zero-order valence-corrected chi connectivity index (χ0v) is 17.1. The van der Waals surface area contributed by atoms with Gasteiger partial charge in [-0.25, -0.2) is 0 Å². The number of carbonyl (C=O) groups excluding carboxylic acids is 1. The molecule has 1 aliphatic heterocycles. The summed E-state index contributed by atoms with van der Waals surface area (Å²) in [5.41, 5.74) is 3.98. The molecule has 1 aromatic carbocycles. The molecule has 0 unspecified atom stereocenters. The standard InChI is InChI=1S/C22H32N4O/c1-22(2,3)20-14-19(23-24-20)16-25(4)21(27)18-10-8-17(9-11-18)15-26-12-6-5-7-13-26/h8-11,14H,5-7,12-13,15-16H2,1-4H3,(H,23,24). The van der Waals surface area contributed by atoms with E-state index in [1.54, 1.807) is 4.90 Å². The second-order valence-corrected chi connectivity index (χ2v) is 8.72. The minimum Gasteiger partial charge on any atom is -0.336 e. The Labute approximate surface area is 162 Å². The Balaban J connectivity index is 1.58. The molecule has 0 saturated carbocycles. The fourth-order valence-electron chi connectivity index (χ4n) is 3.50. The molecule has 0 atom stereocenters. The van der Waals surface area contributed by atoms with Crippen molar-refractivity contribution in [3.63, 3.8) is 0 Å². The molecule has 2 heterocycles. The molecule has 5 nitrogen and oxygen atoms in total. The average molecular weight is 369 g/mol. The predicted molar refractivity (Wildman–Crippen MR) is 109 cm³/mol. The summed E-state index contributed by atoms with van der Waals surface area (Å²) in [6, 6.07) is 10.1. The van der Waals surface area contributed by atoms with E-state index >= 15 is 0 Å². The molecule has 5 heteroatoms. The Hall–Kier alpha value is -2.14. The molecule has 1 fully saturated rings. The third kappa shape index (κ3) is 5.19. The van der Waals surface area contributed by atoms with Gasteiger partial charge in [0.05, 0.1) is 17.9 Å². The van der Waals surface area contributed by atoms with Crippen LogP contribution in [0.25, 0.3) is 0 Å². The van der Waals surface area contributed by atoms with Gasteiger partial charge < -0.3 is 4.90 Å². The van der Waals surface area contributed by atoms with Crippen LogP contribution in [0, 0.1) is 0 Å². The molecule has 0 spiro atoms. The van der Waals surface area contributed by atoms with E-state index in [1.165, 1.54) is 37.9 Å². The van der Waals surface area contributed by atoms with Crippen LogP contribution in [0.3, 0.4) is 0 Å². The SMILES string of the molecule is CN(Cc1cc(C(C)(C)C)n[nH]1)C(=O)c1ccc(CN2CCCCC2)cc1. The number of aromatic nitrogens is 2. The number of rotatable bonds is 5. The molecular formula is C22H32N4O. The van der Waals surface area contributed by atoms with E-state index in [0.29, 0.717) is 6.54 Å². The highest BCUT2D eigenvalue weighted by Gasteiger charge is 2.19. The lowest BCUT2D eigenvalue weighted by molar-refractivity contribution is 0.0783. The lowest BCUT2D eigenvalue weighted by Crippen LogP contribution is -2.29. The quantitative estimate of drug-likeness (QED) is 0.869. The molecule has 0 bridgehead atoms. The highest BCUT2D eigenvalue weighted by Crippen LogP contribution is 2.21. The molecule has 1 N–H and O–H groups in total. The summed E-state index contributed by atoms with van der Waals surface area (Å²) in [7, 11) is 1.83. The van der Waals surface area contributed by atoms with E-state index in [9.17, 15) is 4.79 Å². The number of amides is 1. The summed E-state index contributed by atoms with van der Waals surface area (Å²) >= 11 is 0. The first kappa shape index (κ1) is 19.6. The fourth-order valence-corrected chi connectivity index (χ4v) is 3.50. The molecule has 146 valence electrons. The monoisotopic (exact) mass is 368 g/mol. The largest absolute Gasteiger partial charge is 0.336 e. The number of piperidine rings is 1. The lowest BCUT2D eigenvalue weighted by Gasteiger charge is -2.26. The number of nitrogens with zero attached hydrogens (tertiary/aromatic N) is 3. The van der Waals surface area contributed by atoms with Crippen molar-refractivity contribution >= 4 is 5.91 Å². The molecular weight excluding hydrogens is 336 g/mol. The van der Waals surface area contributed by atoms with Gasteiger partial charge in [-0.1, -0.05) is 39.3 Å². The average Bonchev–Trinajstić information content (AvgIpc) is 3.11. The van der Waals surface area contributed by atoms with Gasteiger partial charge in [0.2, 0.25) is 0 Å². The van der Waals surface area contributed by atoms with Crippen LogP contribution in [0.2, 0.25) is 0 Å². The smallest absolute Gasteiger partial charge is 0.253 e. The summed E-state index contributed by atoms with van der Waals surface area (Å²) in [6.07, 6.45) is 3.95. The Morgan fingerprint density at radius 2 is 1.81 bits per heavy atom. The molecule has 0 radical (unpaired) electrons. The van der Waals surface area contributed by atoms with Crippen molar-refractivity contribution in [1.29, 1.82) is 0 Å². The van der Waals surface area contributed by atoms with Crippen LogP contribution in [0.15, 0.2) is 30.3 Å². The minimum absolute atomic E-state index is 0.00151. The van der Waals surface area contributed by atoms with Gasteiger partial charge in [0.15, 0.2) is 0 Å². The van der Waals surface area contributed by atoms with Crippen LogP contribution >= 0.6 is 0 Å². The minimum atomic E-state index is 0.00151. The zero-order valence-electron chi connectivity index (χ0n) is 17.1. The normalized spacial score (nSPS) is 15.7. The van der Waals surface area contributed by atoms with Crippen molar-refractivity contribution in [2.24, 2.45) is 0 Å². The number of aromatic amines is 1. The van der Waals surface area contributed by atoms with Gasteiger partial charge >= 0.3 is 0 Å². The van der Waals surface area contributed by atoms with Gasteiger partial charge in [0, 0.05) is 24.6 Å². The first-order valence-electron chi connectivity index (χ1n) is 9.94. The van der Waals surface area contributed by atoms with Crippen molar-refractivity contribution in [2.45, 2.75) is 58.5 Å². The van der Waals surface area contributed by atoms with Crippen LogP contribution in [0.1, 0.15) is 67.3 Å². The van der Waals surface area contributed by atoms with Crippen LogP contribution in [-0.2, 0) is 18.5 Å². The second-order valence-electron chi connectivity index (χ2n) is 8.72. The van der Waals surface area contributed by atoms with Crippen LogP contribution in [0.5, 0.6) is 0 Å². The van der Waals surface area contributed by atoms with E-state index in [0.717, 1.165) is 23.5 Å². The summed E-state index contributed by atoms with van der Waals surface area (Å²) in [5, 5.41) is 7.43. The highest BCUT2D eigenvalue weighted by atomic mass is 16.2. The van der Waals surface area contributed by atoms with Gasteiger partial charge in [-0.2, -0.15) is 5.10 Å². The Morgan fingerprint density at radius 1 is 1.15 bits per heavy atom. The number of hydrogen-bond acceptors (Lipinski definition) is 3. The molecule has 1 saturated heterocycles. The molecule has 2 aromatic rings. The summed E-state index contributed by atoms with van der Waals surface area (Å²) in [5.74, 6) is 0.0337. The third-order valence-electron chi connectivity index (χ3n) is 5.21. The topological polar surface area (TPSA) is 52.2 Å². The number of carbonyl (C=O) groups is 1. The maximum Gasteiger partial charge on any atom is 0.253 e. The van der Waals surface area contributed by atoms with Crippen LogP contribution in [-0.4, -0.2) is 46.0 Å². The Bertz CT molecular complexity index is 751. The molecule has 0 aliphatic carbocycles. The van der Waals surface area contributed by atoms with Gasteiger partial charge in [-0.15, -0.1) is 0 Å². The predicted octanol–water partition coefficient (Wildman–Crippen LogP) is 3.97. The first-order chi connectivity index (χ1) is 12.8. The van der Waals surface area contributed by atoms with Gasteiger partial charge in [-0.05, 0) is 49.7 Å². The molecule has 3 rings (SSSR count). The van der Waals surface area contributed by atoms with E-state index < -0.39 is 0 Å². The number of likely N-dealkylation sites (tertiary alicyclic amines) is 1. The molecule has 1 aliphatic rings. The second kappa shape index (κ2) is 8.26. The van der Waals surface area contributed by atoms with Crippen molar-refractivity contribution in [1.82, 2.24) is 20.0 Å². The van der Waals surface area contributed by atoms with Gasteiger partial charge in [-0.3, -0.25) is 14.8 Å².